The molecule has 3 rings (SSSR count). The van der Waals surface area contributed by atoms with Gasteiger partial charge in [0.1, 0.15) is 0 Å². The van der Waals surface area contributed by atoms with E-state index in [1.807, 2.05) is 36.4 Å². The number of H-pyrrole nitrogens is 1. The van der Waals surface area contributed by atoms with E-state index in [1.165, 1.54) is 0 Å². The summed E-state index contributed by atoms with van der Waals surface area (Å²) in [5, 5.41) is 25.7. The third-order valence-corrected chi connectivity index (χ3v) is 5.17. The zero-order valence-electron chi connectivity index (χ0n) is 16.1. The molecule has 0 saturated heterocycles. The molecule has 1 aromatic carbocycles. The smallest absolute Gasteiger partial charge is 0.395 e. The van der Waals surface area contributed by atoms with Crippen LogP contribution in [0.2, 0.25) is 0 Å². The molecule has 1 unspecified atom stereocenters. The minimum atomic E-state index is -4.70. The van der Waals surface area contributed by atoms with E-state index >= 15 is 0 Å². The SMILES string of the molecule is O=P(O)(O)OC[C@H](O)[C@@H](CO)NCC1=CNC(OCc2ccccc2)c2cc[nH]c21. The number of aromatic amines is 1. The molecule has 1 aliphatic rings. The Kier molecular flexibility index (Phi) is 7.81. The van der Waals surface area contributed by atoms with Gasteiger partial charge in [-0.05, 0) is 11.6 Å². The number of hydrogen-bond acceptors (Lipinski definition) is 7. The van der Waals surface area contributed by atoms with Gasteiger partial charge in [-0.1, -0.05) is 30.3 Å². The first-order valence-corrected chi connectivity index (χ1v) is 10.9. The first-order valence-electron chi connectivity index (χ1n) is 9.38. The van der Waals surface area contributed by atoms with Crippen LogP contribution in [0.4, 0.5) is 0 Å². The maximum atomic E-state index is 10.8. The first kappa shape index (κ1) is 22.7. The molecule has 164 valence electrons. The van der Waals surface area contributed by atoms with Crippen LogP contribution in [0.25, 0.3) is 5.57 Å². The highest BCUT2D eigenvalue weighted by Gasteiger charge is 2.26. The Morgan fingerprint density at radius 2 is 1.97 bits per heavy atom. The lowest BCUT2D eigenvalue weighted by Crippen LogP contribution is -2.45. The number of benzene rings is 1. The number of fused-ring (bicyclic) bond motifs is 1. The second kappa shape index (κ2) is 10.3. The molecule has 11 heteroatoms. The monoisotopic (exact) mass is 439 g/mol. The van der Waals surface area contributed by atoms with Gasteiger partial charge in [-0.2, -0.15) is 0 Å². The van der Waals surface area contributed by atoms with E-state index in [-0.39, 0.29) is 12.8 Å². The van der Waals surface area contributed by atoms with Gasteiger partial charge < -0.3 is 40.4 Å². The first-order chi connectivity index (χ1) is 14.4. The van der Waals surface area contributed by atoms with Crippen molar-refractivity contribution >= 4 is 13.4 Å². The van der Waals surface area contributed by atoms with Crippen molar-refractivity contribution in [3.05, 3.63) is 65.6 Å². The number of aliphatic hydroxyl groups is 2. The van der Waals surface area contributed by atoms with Gasteiger partial charge in [0.15, 0.2) is 6.23 Å². The van der Waals surface area contributed by atoms with Gasteiger partial charge in [0.05, 0.1) is 37.7 Å². The second-order valence-electron chi connectivity index (χ2n) is 6.84. The zero-order chi connectivity index (χ0) is 21.6. The van der Waals surface area contributed by atoms with E-state index < -0.39 is 33.2 Å². The van der Waals surface area contributed by atoms with Crippen molar-refractivity contribution in [2.45, 2.75) is 25.0 Å². The van der Waals surface area contributed by atoms with Gasteiger partial charge >= 0.3 is 7.82 Å². The van der Waals surface area contributed by atoms with E-state index in [0.29, 0.717) is 6.61 Å². The number of hydrogen-bond donors (Lipinski definition) is 7. The van der Waals surface area contributed by atoms with E-state index in [1.54, 1.807) is 12.4 Å². The van der Waals surface area contributed by atoms with Crippen LogP contribution in [0.1, 0.15) is 23.0 Å². The summed E-state index contributed by atoms with van der Waals surface area (Å²) < 4.78 is 21.1. The van der Waals surface area contributed by atoms with Gasteiger partial charge in [0, 0.05) is 30.1 Å². The Hall–Kier alpha value is -2.01. The minimum absolute atomic E-state index is 0.282. The molecule has 2 aromatic rings. The molecule has 0 bridgehead atoms. The van der Waals surface area contributed by atoms with Gasteiger partial charge in [0.2, 0.25) is 0 Å². The lowest BCUT2D eigenvalue weighted by Gasteiger charge is -2.27. The number of phosphoric ester groups is 1. The average molecular weight is 439 g/mol. The summed E-state index contributed by atoms with van der Waals surface area (Å²) in [5.41, 5.74) is 3.69. The average Bonchev–Trinajstić information content (AvgIpc) is 3.22. The lowest BCUT2D eigenvalue weighted by molar-refractivity contribution is 0.0242. The fourth-order valence-corrected chi connectivity index (χ4v) is 3.45. The Morgan fingerprint density at radius 1 is 1.20 bits per heavy atom. The van der Waals surface area contributed by atoms with Crippen molar-refractivity contribution in [1.29, 1.82) is 0 Å². The maximum Gasteiger partial charge on any atom is 0.469 e. The summed E-state index contributed by atoms with van der Waals surface area (Å²) >= 11 is 0. The normalized spacial score (nSPS) is 18.3. The summed E-state index contributed by atoms with van der Waals surface area (Å²) in [4.78, 5) is 20.7. The molecule has 1 aromatic heterocycles. The number of rotatable bonds is 11. The van der Waals surface area contributed by atoms with Gasteiger partial charge in [0.25, 0.3) is 0 Å². The van der Waals surface area contributed by atoms with Crippen LogP contribution in [0.3, 0.4) is 0 Å². The summed E-state index contributed by atoms with van der Waals surface area (Å²) in [5.74, 6) is 0. The van der Waals surface area contributed by atoms with Crippen molar-refractivity contribution in [2.24, 2.45) is 0 Å². The van der Waals surface area contributed by atoms with Crippen molar-refractivity contribution in [3.8, 4) is 0 Å². The van der Waals surface area contributed by atoms with Crippen LogP contribution in [-0.4, -0.2) is 56.9 Å². The molecule has 0 aliphatic carbocycles. The molecule has 30 heavy (non-hydrogen) atoms. The zero-order valence-corrected chi connectivity index (χ0v) is 17.0. The Balaban J connectivity index is 1.57. The fourth-order valence-electron chi connectivity index (χ4n) is 3.10. The summed E-state index contributed by atoms with van der Waals surface area (Å²) in [6.45, 7) is -0.317. The highest BCUT2D eigenvalue weighted by atomic mass is 31.2. The molecule has 2 heterocycles. The Morgan fingerprint density at radius 3 is 2.67 bits per heavy atom. The lowest BCUT2D eigenvalue weighted by atomic mass is 10.0. The second-order valence-corrected chi connectivity index (χ2v) is 8.08. The fraction of sp³-hybridized carbons (Fsp3) is 0.368. The quantitative estimate of drug-likeness (QED) is 0.249. The predicted octanol–water partition coefficient (Wildman–Crippen LogP) is 0.595. The molecule has 10 nitrogen and oxygen atoms in total. The number of nitrogens with one attached hydrogen (secondary N) is 3. The minimum Gasteiger partial charge on any atom is -0.395 e. The van der Waals surface area contributed by atoms with Crippen molar-refractivity contribution in [2.75, 3.05) is 19.8 Å². The highest BCUT2D eigenvalue weighted by Crippen LogP contribution is 2.35. The summed E-state index contributed by atoms with van der Waals surface area (Å²) in [6.07, 6.45) is 1.96. The topological polar surface area (TPSA) is 156 Å². The maximum absolute atomic E-state index is 10.8. The number of aromatic nitrogens is 1. The standard InChI is InChI=1S/C19H26N3O7P/c23-10-16(17(24)12-29-30(25,26)27)21-8-14-9-22-19(15-6-7-20-18(14)15)28-11-13-4-2-1-3-5-13/h1-7,9,16-17,19-24H,8,10-12H2,(H2,25,26,27)/t16-,17+,19?/m1/s1. The van der Waals surface area contributed by atoms with Crippen molar-refractivity contribution in [3.63, 3.8) is 0 Å². The third kappa shape index (κ3) is 6.24. The van der Waals surface area contributed by atoms with Gasteiger partial charge in [-0.3, -0.25) is 4.52 Å². The van der Waals surface area contributed by atoms with Crippen LogP contribution < -0.4 is 10.6 Å². The molecule has 1 aliphatic heterocycles. The largest absolute Gasteiger partial charge is 0.469 e. The highest BCUT2D eigenvalue weighted by molar-refractivity contribution is 7.46. The van der Waals surface area contributed by atoms with Gasteiger partial charge in [-0.25, -0.2) is 4.57 Å². The molecule has 0 amide bonds. The van der Waals surface area contributed by atoms with Crippen LogP contribution >= 0.6 is 7.82 Å². The number of ether oxygens (including phenoxy) is 1. The third-order valence-electron chi connectivity index (χ3n) is 4.68. The van der Waals surface area contributed by atoms with E-state index in [9.17, 15) is 14.8 Å². The van der Waals surface area contributed by atoms with Crippen LogP contribution in [0.15, 0.2) is 48.8 Å². The molecular weight excluding hydrogens is 413 g/mol. The van der Waals surface area contributed by atoms with Crippen molar-refractivity contribution < 1.29 is 33.8 Å². The van der Waals surface area contributed by atoms with Crippen LogP contribution in [-0.2, 0) is 20.4 Å². The van der Waals surface area contributed by atoms with E-state index in [0.717, 1.165) is 22.4 Å². The molecule has 0 radical (unpaired) electrons. The molecule has 3 atom stereocenters. The van der Waals surface area contributed by atoms with E-state index in [4.69, 9.17) is 14.5 Å². The van der Waals surface area contributed by atoms with Crippen molar-refractivity contribution in [1.82, 2.24) is 15.6 Å². The number of phosphoric acid groups is 1. The number of aliphatic hydroxyl groups excluding tert-OH is 2. The summed E-state index contributed by atoms with van der Waals surface area (Å²) in [7, 11) is -4.70. The molecular formula is C19H26N3O7P. The molecule has 0 fully saturated rings. The molecule has 0 spiro atoms. The van der Waals surface area contributed by atoms with Crippen LogP contribution in [0.5, 0.6) is 0 Å². The molecule has 0 saturated carbocycles. The van der Waals surface area contributed by atoms with E-state index in [2.05, 4.69) is 20.1 Å². The predicted molar refractivity (Wildman–Crippen MR) is 109 cm³/mol. The Bertz CT molecular complexity index is 883. The Labute approximate surface area is 173 Å². The van der Waals surface area contributed by atoms with Crippen LogP contribution in [0, 0.1) is 0 Å². The summed E-state index contributed by atoms with van der Waals surface area (Å²) in [6, 6.07) is 10.9. The van der Waals surface area contributed by atoms with Gasteiger partial charge in [-0.15, -0.1) is 0 Å². The molecule has 7 N–H and O–H groups in total.